The Hall–Kier alpha value is -2.12. The third-order valence-electron chi connectivity index (χ3n) is 4.53. The van der Waals surface area contributed by atoms with Crippen LogP contribution in [0.4, 0.5) is 0 Å². The normalized spacial score (nSPS) is 22.8. The van der Waals surface area contributed by atoms with E-state index in [4.69, 9.17) is 18.4 Å². The molecule has 4 rings (SSSR count). The van der Waals surface area contributed by atoms with Crippen molar-refractivity contribution in [3.8, 4) is 11.5 Å². The van der Waals surface area contributed by atoms with Gasteiger partial charge in [-0.15, -0.1) is 0 Å². The summed E-state index contributed by atoms with van der Waals surface area (Å²) in [6.45, 7) is 0.903. The van der Waals surface area contributed by atoms with Gasteiger partial charge in [-0.1, -0.05) is 11.6 Å². The molecule has 128 valence electrons. The zero-order valence-corrected chi connectivity index (χ0v) is 13.3. The Balaban J connectivity index is 1.31. The Morgan fingerprint density at radius 3 is 2.96 bits per heavy atom. The van der Waals surface area contributed by atoms with Gasteiger partial charge in [-0.3, -0.25) is 4.79 Å². The van der Waals surface area contributed by atoms with Crippen LogP contribution in [0, 0.1) is 0 Å². The number of carbonyl (C=O) groups is 1. The lowest BCUT2D eigenvalue weighted by Crippen LogP contribution is -2.37. The first kappa shape index (κ1) is 15.4. The number of nitrogens with zero attached hydrogens (tertiary/aromatic N) is 1. The van der Waals surface area contributed by atoms with Gasteiger partial charge in [0, 0.05) is 25.5 Å². The van der Waals surface area contributed by atoms with E-state index in [1.807, 2.05) is 0 Å². The Morgan fingerprint density at radius 1 is 1.29 bits per heavy atom. The number of hydrogen-bond donors (Lipinski definition) is 1. The Kier molecular flexibility index (Phi) is 4.12. The van der Waals surface area contributed by atoms with Crippen LogP contribution in [-0.2, 0) is 9.47 Å². The van der Waals surface area contributed by atoms with E-state index < -0.39 is 5.79 Å². The van der Waals surface area contributed by atoms with Crippen LogP contribution in [0.15, 0.2) is 33.4 Å². The van der Waals surface area contributed by atoms with Gasteiger partial charge in [0.25, 0.3) is 5.91 Å². The molecule has 2 fully saturated rings. The predicted molar refractivity (Wildman–Crippen MR) is 83.2 cm³/mol. The molecule has 1 N–H and O–H groups in total. The Bertz CT molecular complexity index is 688. The summed E-state index contributed by atoms with van der Waals surface area (Å²) in [6, 6.07) is 5.05. The molecule has 3 heterocycles. The summed E-state index contributed by atoms with van der Waals surface area (Å²) in [6.07, 6.45) is 6.79. The average Bonchev–Trinajstić information content (AvgIpc) is 3.34. The molecule has 7 nitrogen and oxygen atoms in total. The summed E-state index contributed by atoms with van der Waals surface area (Å²) >= 11 is 0. The molecule has 1 saturated carbocycles. The molecular formula is C17H20N2O5. The molecule has 2 aromatic rings. The molecule has 1 amide bonds. The molecule has 0 bridgehead atoms. The first-order chi connectivity index (χ1) is 11.7. The molecule has 24 heavy (non-hydrogen) atoms. The molecule has 0 aromatic carbocycles. The van der Waals surface area contributed by atoms with Crippen molar-refractivity contribution in [2.75, 3.05) is 13.2 Å². The quantitative estimate of drug-likeness (QED) is 0.926. The topological polar surface area (TPSA) is 86.7 Å². The van der Waals surface area contributed by atoms with Gasteiger partial charge in [0.15, 0.2) is 17.2 Å². The van der Waals surface area contributed by atoms with Crippen LogP contribution in [0.2, 0.25) is 0 Å². The van der Waals surface area contributed by atoms with Crippen LogP contribution >= 0.6 is 0 Å². The number of hydrogen-bond acceptors (Lipinski definition) is 6. The fraction of sp³-hybridized carbons (Fsp3) is 0.529. The second kappa shape index (κ2) is 6.41. The Labute approximate surface area is 139 Å². The summed E-state index contributed by atoms with van der Waals surface area (Å²) in [5.41, 5.74) is 0.215. The summed E-state index contributed by atoms with van der Waals surface area (Å²) in [5.74, 6) is 0.235. The van der Waals surface area contributed by atoms with Crippen molar-refractivity contribution < 1.29 is 23.2 Å². The lowest BCUT2D eigenvalue weighted by atomic mass is 9.94. The van der Waals surface area contributed by atoms with Crippen molar-refractivity contribution in [3.05, 3.63) is 30.2 Å². The second-order valence-corrected chi connectivity index (χ2v) is 6.29. The van der Waals surface area contributed by atoms with E-state index in [0.29, 0.717) is 24.7 Å². The number of furan rings is 1. The minimum atomic E-state index is -0.423. The van der Waals surface area contributed by atoms with Crippen molar-refractivity contribution in [3.63, 3.8) is 0 Å². The molecule has 1 atom stereocenters. The minimum Gasteiger partial charge on any atom is -0.461 e. The van der Waals surface area contributed by atoms with Gasteiger partial charge in [-0.2, -0.15) is 0 Å². The maximum atomic E-state index is 12.2. The fourth-order valence-electron chi connectivity index (χ4n) is 3.28. The molecule has 1 spiro atoms. The van der Waals surface area contributed by atoms with E-state index in [1.165, 1.54) is 12.7 Å². The van der Waals surface area contributed by atoms with E-state index in [9.17, 15) is 4.79 Å². The molecular weight excluding hydrogens is 312 g/mol. The highest BCUT2D eigenvalue weighted by atomic mass is 16.7. The monoisotopic (exact) mass is 332 g/mol. The van der Waals surface area contributed by atoms with Crippen LogP contribution in [0.3, 0.4) is 0 Å². The van der Waals surface area contributed by atoms with Gasteiger partial charge in [-0.25, -0.2) is 0 Å². The molecule has 7 heteroatoms. The molecule has 1 unspecified atom stereocenters. The molecule has 2 aliphatic rings. The maximum Gasteiger partial charge on any atom is 0.273 e. The van der Waals surface area contributed by atoms with Gasteiger partial charge in [0.05, 0.1) is 12.9 Å². The van der Waals surface area contributed by atoms with Gasteiger partial charge in [0.1, 0.15) is 6.10 Å². The van der Waals surface area contributed by atoms with Crippen LogP contribution in [0.1, 0.15) is 42.6 Å². The smallest absolute Gasteiger partial charge is 0.273 e. The summed E-state index contributed by atoms with van der Waals surface area (Å²) < 4.78 is 22.3. The third kappa shape index (κ3) is 3.09. The van der Waals surface area contributed by atoms with Gasteiger partial charge in [-0.05, 0) is 25.0 Å². The number of carbonyl (C=O) groups excluding carboxylic acids is 1. The molecule has 0 radical (unpaired) electrons. The Morgan fingerprint density at radius 2 is 2.17 bits per heavy atom. The zero-order chi connectivity index (χ0) is 16.4. The van der Waals surface area contributed by atoms with Crippen molar-refractivity contribution in [2.24, 2.45) is 0 Å². The van der Waals surface area contributed by atoms with E-state index in [-0.39, 0.29) is 17.7 Å². The van der Waals surface area contributed by atoms with Crippen molar-refractivity contribution in [1.29, 1.82) is 0 Å². The third-order valence-corrected chi connectivity index (χ3v) is 4.53. The van der Waals surface area contributed by atoms with Crippen LogP contribution in [0.5, 0.6) is 0 Å². The van der Waals surface area contributed by atoms with Gasteiger partial charge in [0.2, 0.25) is 5.76 Å². The highest BCUT2D eigenvalue weighted by molar-refractivity contribution is 5.92. The van der Waals surface area contributed by atoms with Crippen LogP contribution < -0.4 is 5.32 Å². The summed E-state index contributed by atoms with van der Waals surface area (Å²) in [5, 5.41) is 6.61. The summed E-state index contributed by atoms with van der Waals surface area (Å²) in [7, 11) is 0. The molecule has 1 aliphatic heterocycles. The number of aromatic nitrogens is 1. The lowest BCUT2D eigenvalue weighted by Gasteiger charge is -2.31. The average molecular weight is 332 g/mol. The first-order valence-electron chi connectivity index (χ1n) is 8.35. The van der Waals surface area contributed by atoms with Gasteiger partial charge < -0.3 is 23.7 Å². The van der Waals surface area contributed by atoms with Crippen molar-refractivity contribution >= 4 is 5.91 Å². The van der Waals surface area contributed by atoms with E-state index in [0.717, 1.165) is 25.7 Å². The number of nitrogens with one attached hydrogen (secondary N) is 1. The highest BCUT2D eigenvalue weighted by Crippen LogP contribution is 2.37. The lowest BCUT2D eigenvalue weighted by molar-refractivity contribution is -0.186. The minimum absolute atomic E-state index is 0.122. The van der Waals surface area contributed by atoms with Crippen molar-refractivity contribution in [2.45, 2.75) is 44.0 Å². The largest absolute Gasteiger partial charge is 0.461 e. The van der Waals surface area contributed by atoms with Crippen LogP contribution in [0.25, 0.3) is 11.5 Å². The number of rotatable bonds is 4. The zero-order valence-electron chi connectivity index (χ0n) is 13.3. The van der Waals surface area contributed by atoms with E-state index in [2.05, 4.69) is 10.5 Å². The molecule has 1 saturated heterocycles. The molecule has 1 aliphatic carbocycles. The highest BCUT2D eigenvalue weighted by Gasteiger charge is 2.42. The maximum absolute atomic E-state index is 12.2. The summed E-state index contributed by atoms with van der Waals surface area (Å²) in [4.78, 5) is 12.2. The number of amides is 1. The van der Waals surface area contributed by atoms with Gasteiger partial charge >= 0.3 is 0 Å². The fourth-order valence-corrected chi connectivity index (χ4v) is 3.28. The second-order valence-electron chi connectivity index (χ2n) is 6.29. The predicted octanol–water partition coefficient (Wildman–Crippen LogP) is 2.74. The molecule has 2 aromatic heterocycles. The van der Waals surface area contributed by atoms with Crippen LogP contribution in [-0.4, -0.2) is 36.1 Å². The number of ether oxygens (including phenoxy) is 2. The standard InChI is InChI=1S/C17H20N2O5/c20-16(13-9-15(24-19-13)14-5-4-8-21-14)18-10-12-11-22-17(23-12)6-2-1-3-7-17/h4-5,8-9,12H,1-3,6-7,10-11H2,(H,18,20). The van der Waals surface area contributed by atoms with E-state index in [1.54, 1.807) is 18.2 Å². The van der Waals surface area contributed by atoms with Crippen molar-refractivity contribution in [1.82, 2.24) is 10.5 Å². The first-order valence-corrected chi connectivity index (χ1v) is 8.35. The van der Waals surface area contributed by atoms with E-state index >= 15 is 0 Å². The SMILES string of the molecule is O=C(NCC1COC2(CCCCC2)O1)c1cc(-c2ccco2)on1.